The van der Waals surface area contributed by atoms with E-state index in [2.05, 4.69) is 5.32 Å². The molecule has 1 saturated carbocycles. The summed E-state index contributed by atoms with van der Waals surface area (Å²) in [6.45, 7) is 3.02. The zero-order chi connectivity index (χ0) is 13.0. The molecular formula is C15H23NO2. The first kappa shape index (κ1) is 13.2. The highest BCUT2D eigenvalue weighted by molar-refractivity contribution is 5.40. The topological polar surface area (TPSA) is 52.5 Å². The van der Waals surface area contributed by atoms with Gasteiger partial charge in [0.2, 0.25) is 0 Å². The zero-order valence-electron chi connectivity index (χ0n) is 11.0. The molecule has 0 spiro atoms. The second-order valence-electron chi connectivity index (χ2n) is 5.38. The van der Waals surface area contributed by atoms with Crippen molar-refractivity contribution in [3.8, 4) is 11.5 Å². The molecule has 1 aromatic carbocycles. The Morgan fingerprint density at radius 1 is 1.22 bits per heavy atom. The lowest BCUT2D eigenvalue weighted by atomic mass is 9.89. The van der Waals surface area contributed by atoms with Crippen molar-refractivity contribution < 1.29 is 10.2 Å². The van der Waals surface area contributed by atoms with Crippen molar-refractivity contribution >= 4 is 0 Å². The molecular weight excluding hydrogens is 226 g/mol. The molecule has 0 aliphatic heterocycles. The van der Waals surface area contributed by atoms with Crippen LogP contribution in [0.2, 0.25) is 0 Å². The van der Waals surface area contributed by atoms with E-state index >= 15 is 0 Å². The molecule has 3 nitrogen and oxygen atoms in total. The van der Waals surface area contributed by atoms with Gasteiger partial charge in [0.25, 0.3) is 0 Å². The summed E-state index contributed by atoms with van der Waals surface area (Å²) in [5, 5.41) is 22.7. The van der Waals surface area contributed by atoms with Crippen molar-refractivity contribution in [1.29, 1.82) is 0 Å². The van der Waals surface area contributed by atoms with Gasteiger partial charge in [0.05, 0.1) is 0 Å². The lowest BCUT2D eigenvalue weighted by Crippen LogP contribution is -2.27. The molecule has 1 aliphatic rings. The second-order valence-corrected chi connectivity index (χ2v) is 5.38. The van der Waals surface area contributed by atoms with E-state index in [-0.39, 0.29) is 17.5 Å². The van der Waals surface area contributed by atoms with Crippen molar-refractivity contribution in [2.24, 2.45) is 5.92 Å². The highest BCUT2D eigenvalue weighted by Gasteiger charge is 2.16. The number of nitrogens with one attached hydrogen (secondary N) is 1. The highest BCUT2D eigenvalue weighted by atomic mass is 16.3. The van der Waals surface area contributed by atoms with E-state index in [1.165, 1.54) is 38.2 Å². The standard InChI is InChI=1S/C15H23NO2/c1-11(14-9-13(17)7-8-15(14)18)16-10-12-5-3-2-4-6-12/h7-9,11-12,16-18H,2-6,10H2,1H3. The minimum absolute atomic E-state index is 0.0685. The molecule has 100 valence electrons. The van der Waals surface area contributed by atoms with Crippen molar-refractivity contribution in [1.82, 2.24) is 5.32 Å². The first-order chi connectivity index (χ1) is 8.66. The summed E-state index contributed by atoms with van der Waals surface area (Å²) in [5.74, 6) is 1.21. The zero-order valence-corrected chi connectivity index (χ0v) is 11.0. The molecule has 3 heteroatoms. The average Bonchev–Trinajstić information content (AvgIpc) is 2.40. The number of hydrogen-bond acceptors (Lipinski definition) is 3. The first-order valence-corrected chi connectivity index (χ1v) is 6.92. The van der Waals surface area contributed by atoms with Gasteiger partial charge in [-0.25, -0.2) is 0 Å². The molecule has 1 fully saturated rings. The summed E-state index contributed by atoms with van der Waals surface area (Å²) in [6, 6.07) is 4.75. The molecule has 1 unspecified atom stereocenters. The van der Waals surface area contributed by atoms with Gasteiger partial charge in [-0.2, -0.15) is 0 Å². The third-order valence-electron chi connectivity index (χ3n) is 3.92. The van der Waals surface area contributed by atoms with Gasteiger partial charge in [0.1, 0.15) is 11.5 Å². The Morgan fingerprint density at radius 3 is 2.67 bits per heavy atom. The van der Waals surface area contributed by atoms with Gasteiger partial charge in [-0.3, -0.25) is 0 Å². The smallest absolute Gasteiger partial charge is 0.120 e. The SMILES string of the molecule is CC(NCC1CCCCC1)c1cc(O)ccc1O. The van der Waals surface area contributed by atoms with Crippen molar-refractivity contribution in [3.63, 3.8) is 0 Å². The van der Waals surface area contributed by atoms with Crippen LogP contribution in [0.25, 0.3) is 0 Å². The average molecular weight is 249 g/mol. The maximum atomic E-state index is 9.79. The lowest BCUT2D eigenvalue weighted by Gasteiger charge is -2.24. The van der Waals surface area contributed by atoms with Crippen molar-refractivity contribution in [2.45, 2.75) is 45.1 Å². The minimum Gasteiger partial charge on any atom is -0.508 e. The van der Waals surface area contributed by atoms with Gasteiger partial charge in [0, 0.05) is 11.6 Å². The van der Waals surface area contributed by atoms with Crippen LogP contribution < -0.4 is 5.32 Å². The number of aromatic hydroxyl groups is 2. The number of phenolic OH excluding ortho intramolecular Hbond substituents is 2. The Kier molecular flexibility index (Phi) is 4.48. The van der Waals surface area contributed by atoms with Crippen LogP contribution in [0.15, 0.2) is 18.2 Å². The summed E-state index contributed by atoms with van der Waals surface area (Å²) in [4.78, 5) is 0. The summed E-state index contributed by atoms with van der Waals surface area (Å²) in [6.07, 6.45) is 6.69. The van der Waals surface area contributed by atoms with Crippen LogP contribution in [-0.4, -0.2) is 16.8 Å². The van der Waals surface area contributed by atoms with Crippen LogP contribution in [0.4, 0.5) is 0 Å². The number of hydrogen-bond donors (Lipinski definition) is 3. The molecule has 1 aromatic rings. The Labute approximate surface area is 109 Å². The van der Waals surface area contributed by atoms with Gasteiger partial charge in [-0.1, -0.05) is 19.3 Å². The maximum Gasteiger partial charge on any atom is 0.120 e. The fourth-order valence-electron chi connectivity index (χ4n) is 2.73. The molecule has 3 N–H and O–H groups in total. The molecule has 18 heavy (non-hydrogen) atoms. The fourth-order valence-corrected chi connectivity index (χ4v) is 2.73. The Hall–Kier alpha value is -1.22. The van der Waals surface area contributed by atoms with Gasteiger partial charge in [-0.15, -0.1) is 0 Å². The quantitative estimate of drug-likeness (QED) is 0.717. The molecule has 0 aromatic heterocycles. The molecule has 0 bridgehead atoms. The van der Waals surface area contributed by atoms with Crippen LogP contribution >= 0.6 is 0 Å². The van der Waals surface area contributed by atoms with Gasteiger partial charge in [-0.05, 0) is 50.4 Å². The van der Waals surface area contributed by atoms with Crippen molar-refractivity contribution in [2.75, 3.05) is 6.54 Å². The lowest BCUT2D eigenvalue weighted by molar-refractivity contribution is 0.329. The molecule has 0 saturated heterocycles. The molecule has 0 amide bonds. The van der Waals surface area contributed by atoms with E-state index in [1.807, 2.05) is 6.92 Å². The van der Waals surface area contributed by atoms with E-state index < -0.39 is 0 Å². The molecule has 1 atom stereocenters. The Balaban J connectivity index is 1.90. The number of benzene rings is 1. The normalized spacial score (nSPS) is 18.7. The number of phenols is 2. The number of rotatable bonds is 4. The van der Waals surface area contributed by atoms with Crippen LogP contribution in [-0.2, 0) is 0 Å². The first-order valence-electron chi connectivity index (χ1n) is 6.92. The summed E-state index contributed by atoms with van der Waals surface area (Å²) in [7, 11) is 0. The maximum absolute atomic E-state index is 9.79. The third-order valence-corrected chi connectivity index (χ3v) is 3.92. The van der Waals surface area contributed by atoms with Gasteiger partial charge in [0.15, 0.2) is 0 Å². The Morgan fingerprint density at radius 2 is 1.94 bits per heavy atom. The molecule has 0 heterocycles. The summed E-state index contributed by atoms with van der Waals surface area (Å²) >= 11 is 0. The van der Waals surface area contributed by atoms with E-state index in [9.17, 15) is 10.2 Å². The largest absolute Gasteiger partial charge is 0.508 e. The van der Waals surface area contributed by atoms with E-state index in [0.29, 0.717) is 0 Å². The van der Waals surface area contributed by atoms with E-state index in [4.69, 9.17) is 0 Å². The highest BCUT2D eigenvalue weighted by Crippen LogP contribution is 2.29. The van der Waals surface area contributed by atoms with Gasteiger partial charge < -0.3 is 15.5 Å². The van der Waals surface area contributed by atoms with Crippen LogP contribution in [0.5, 0.6) is 11.5 Å². The van der Waals surface area contributed by atoms with E-state index in [0.717, 1.165) is 18.0 Å². The predicted molar refractivity (Wildman–Crippen MR) is 72.8 cm³/mol. The molecule has 2 rings (SSSR count). The summed E-state index contributed by atoms with van der Waals surface area (Å²) < 4.78 is 0. The van der Waals surface area contributed by atoms with Gasteiger partial charge >= 0.3 is 0 Å². The van der Waals surface area contributed by atoms with Crippen LogP contribution in [0, 0.1) is 5.92 Å². The Bertz CT molecular complexity index is 386. The second kappa shape index (κ2) is 6.10. The fraction of sp³-hybridized carbons (Fsp3) is 0.600. The third kappa shape index (κ3) is 3.39. The predicted octanol–water partition coefficient (Wildman–Crippen LogP) is 3.33. The molecule has 1 aliphatic carbocycles. The monoisotopic (exact) mass is 249 g/mol. The van der Waals surface area contributed by atoms with E-state index in [1.54, 1.807) is 12.1 Å². The van der Waals surface area contributed by atoms with Crippen LogP contribution in [0.3, 0.4) is 0 Å². The molecule has 0 radical (unpaired) electrons. The summed E-state index contributed by atoms with van der Waals surface area (Å²) in [5.41, 5.74) is 0.769. The van der Waals surface area contributed by atoms with Crippen molar-refractivity contribution in [3.05, 3.63) is 23.8 Å². The minimum atomic E-state index is 0.0685. The van der Waals surface area contributed by atoms with Crippen LogP contribution in [0.1, 0.15) is 50.6 Å².